The first kappa shape index (κ1) is 28.8. The number of hydrogen-bond donors (Lipinski definition) is 4. The second-order valence-corrected chi connectivity index (χ2v) is 10.7. The molecule has 206 valence electrons. The molecule has 0 bridgehead atoms. The number of aromatic nitrogens is 1. The lowest BCUT2D eigenvalue weighted by Gasteiger charge is -2.40. The summed E-state index contributed by atoms with van der Waals surface area (Å²) in [7, 11) is 0. The van der Waals surface area contributed by atoms with Crippen LogP contribution in [0.1, 0.15) is 25.0 Å². The van der Waals surface area contributed by atoms with Crippen LogP contribution in [0.15, 0.2) is 78.9 Å². The molecular weight excluding hydrogens is 609 g/mol. The summed E-state index contributed by atoms with van der Waals surface area (Å²) < 4.78 is 7.07. The van der Waals surface area contributed by atoms with E-state index in [4.69, 9.17) is 4.74 Å². The first-order valence-electron chi connectivity index (χ1n) is 13.1. The van der Waals surface area contributed by atoms with Crippen molar-refractivity contribution >= 4 is 45.3 Å². The molecule has 4 N–H and O–H groups in total. The van der Waals surface area contributed by atoms with Gasteiger partial charge in [-0.2, -0.15) is 0 Å². The largest absolute Gasteiger partial charge is 0.482 e. The number of amides is 2. The number of aliphatic hydroxyl groups is 2. The molecule has 2 amide bonds. The molecule has 3 atom stereocenters. The summed E-state index contributed by atoms with van der Waals surface area (Å²) in [6.07, 6.45) is 2.88. The number of aliphatic hydroxyl groups excluding tert-OH is 2. The number of nitrogens with zero attached hydrogens (tertiary/aromatic N) is 1. The van der Waals surface area contributed by atoms with Crippen LogP contribution in [0.5, 0.6) is 5.75 Å². The normalized spacial score (nSPS) is 18.8. The van der Waals surface area contributed by atoms with Crippen molar-refractivity contribution in [2.24, 2.45) is 0 Å². The van der Waals surface area contributed by atoms with E-state index in [0.29, 0.717) is 30.7 Å². The number of carbonyl (C=O) groups is 2. The molecule has 0 saturated carbocycles. The Morgan fingerprint density at radius 3 is 2.72 bits per heavy atom. The molecule has 8 nitrogen and oxygen atoms in total. The van der Waals surface area contributed by atoms with E-state index in [-0.39, 0.29) is 37.8 Å². The summed E-state index contributed by atoms with van der Waals surface area (Å²) >= 11 is 2.16. The van der Waals surface area contributed by atoms with Gasteiger partial charge in [0.2, 0.25) is 11.8 Å². The third kappa shape index (κ3) is 7.28. The Kier molecular flexibility index (Phi) is 10.2. The maximum absolute atomic E-state index is 13.5. The highest BCUT2D eigenvalue weighted by atomic mass is 127. The van der Waals surface area contributed by atoms with Crippen LogP contribution in [-0.4, -0.2) is 69.9 Å². The number of rotatable bonds is 12. The third-order valence-corrected chi connectivity index (χ3v) is 7.70. The van der Waals surface area contributed by atoms with E-state index in [1.807, 2.05) is 42.5 Å². The fraction of sp³-hybridized carbons (Fsp3) is 0.333. The van der Waals surface area contributed by atoms with E-state index in [1.54, 1.807) is 23.1 Å². The van der Waals surface area contributed by atoms with Gasteiger partial charge in [-0.1, -0.05) is 36.4 Å². The molecule has 0 fully saturated rings. The SMILES string of the molecule is C=CCCC(=O)N(CCc1cc2ccccc2[nH]1)C1CC(C(=O)NCCO)=CC(Oc2ccccc2I)C1O. The topological polar surface area (TPSA) is 115 Å². The third-order valence-electron chi connectivity index (χ3n) is 6.80. The highest BCUT2D eigenvalue weighted by Crippen LogP contribution is 2.30. The number of aromatic amines is 1. The molecule has 1 aromatic heterocycles. The first-order valence-corrected chi connectivity index (χ1v) is 14.1. The predicted molar refractivity (Wildman–Crippen MR) is 159 cm³/mol. The van der Waals surface area contributed by atoms with Gasteiger partial charge < -0.3 is 30.2 Å². The van der Waals surface area contributed by atoms with Gasteiger partial charge in [0.25, 0.3) is 0 Å². The van der Waals surface area contributed by atoms with Crippen LogP contribution in [0.25, 0.3) is 10.9 Å². The first-order chi connectivity index (χ1) is 18.9. The van der Waals surface area contributed by atoms with Gasteiger partial charge in [-0.25, -0.2) is 0 Å². The molecule has 0 aliphatic heterocycles. The molecule has 2 aromatic carbocycles. The number of H-pyrrole nitrogens is 1. The van der Waals surface area contributed by atoms with Crippen LogP contribution in [-0.2, 0) is 16.0 Å². The molecule has 4 rings (SSSR count). The number of ether oxygens (including phenoxy) is 1. The van der Waals surface area contributed by atoms with Crippen molar-refractivity contribution in [2.45, 2.75) is 43.9 Å². The Morgan fingerprint density at radius 2 is 1.97 bits per heavy atom. The lowest BCUT2D eigenvalue weighted by molar-refractivity contribution is -0.138. The quantitative estimate of drug-likeness (QED) is 0.178. The van der Waals surface area contributed by atoms with Gasteiger partial charge >= 0.3 is 0 Å². The van der Waals surface area contributed by atoms with Crippen molar-refractivity contribution in [3.05, 3.63) is 88.2 Å². The van der Waals surface area contributed by atoms with E-state index >= 15 is 0 Å². The van der Waals surface area contributed by atoms with Gasteiger partial charge in [0, 0.05) is 49.1 Å². The minimum atomic E-state index is -1.06. The highest BCUT2D eigenvalue weighted by Gasteiger charge is 2.40. The van der Waals surface area contributed by atoms with E-state index in [2.05, 4.69) is 45.5 Å². The van der Waals surface area contributed by atoms with Crippen LogP contribution in [0, 0.1) is 3.57 Å². The molecule has 0 radical (unpaired) electrons. The molecule has 1 aliphatic carbocycles. The smallest absolute Gasteiger partial charge is 0.247 e. The average molecular weight is 644 g/mol. The van der Waals surface area contributed by atoms with Crippen molar-refractivity contribution in [2.75, 3.05) is 19.7 Å². The number of nitrogens with one attached hydrogen (secondary N) is 2. The van der Waals surface area contributed by atoms with Crippen LogP contribution < -0.4 is 10.1 Å². The van der Waals surface area contributed by atoms with Crippen molar-refractivity contribution in [3.63, 3.8) is 0 Å². The van der Waals surface area contributed by atoms with E-state index in [9.17, 15) is 19.8 Å². The summed E-state index contributed by atoms with van der Waals surface area (Å²) in [5, 5.41) is 24.5. The van der Waals surface area contributed by atoms with Crippen LogP contribution in [0.2, 0.25) is 0 Å². The summed E-state index contributed by atoms with van der Waals surface area (Å²) in [4.78, 5) is 31.5. The Bertz CT molecular complexity index is 1300. The zero-order chi connectivity index (χ0) is 27.8. The Morgan fingerprint density at radius 1 is 1.21 bits per heavy atom. The van der Waals surface area contributed by atoms with E-state index in [0.717, 1.165) is 20.2 Å². The summed E-state index contributed by atoms with van der Waals surface area (Å²) in [5.74, 6) is 0.100. The van der Waals surface area contributed by atoms with Crippen molar-refractivity contribution < 1.29 is 24.5 Å². The number of para-hydroxylation sites is 2. The molecular formula is C30H34IN3O5. The molecule has 9 heteroatoms. The van der Waals surface area contributed by atoms with Gasteiger partial charge in [-0.05, 0) is 64.7 Å². The maximum atomic E-state index is 13.5. The average Bonchev–Trinajstić information content (AvgIpc) is 3.36. The number of benzene rings is 2. The standard InChI is InChI=1S/C30H34IN3O5/c1-2-3-12-28(36)34(15-13-22-17-20-8-4-6-10-24(20)33-22)25-18-21(30(38)32-14-16-35)19-27(29(25)37)39-26-11-7-5-9-23(26)31/h2,4-11,17,19,25,27,29,33,35,37H,1,3,12-16,18H2,(H,32,38). The summed E-state index contributed by atoms with van der Waals surface area (Å²) in [6.45, 7) is 4.01. The second-order valence-electron chi connectivity index (χ2n) is 9.49. The monoisotopic (exact) mass is 643 g/mol. The van der Waals surface area contributed by atoms with Gasteiger partial charge in [-0.15, -0.1) is 6.58 Å². The van der Waals surface area contributed by atoms with Crippen LogP contribution in [0.4, 0.5) is 0 Å². The fourth-order valence-corrected chi connectivity index (χ4v) is 5.33. The Balaban J connectivity index is 1.63. The molecule has 0 spiro atoms. The zero-order valence-corrected chi connectivity index (χ0v) is 23.8. The van der Waals surface area contributed by atoms with Crippen molar-refractivity contribution in [1.29, 1.82) is 0 Å². The van der Waals surface area contributed by atoms with E-state index in [1.165, 1.54) is 0 Å². The number of fused-ring (bicyclic) bond motifs is 1. The van der Waals surface area contributed by atoms with E-state index < -0.39 is 18.2 Å². The summed E-state index contributed by atoms with van der Waals surface area (Å²) in [5.41, 5.74) is 2.40. The van der Waals surface area contributed by atoms with Gasteiger partial charge in [0.05, 0.1) is 16.2 Å². The molecule has 0 saturated heterocycles. The minimum Gasteiger partial charge on any atom is -0.482 e. The zero-order valence-electron chi connectivity index (χ0n) is 21.7. The number of allylic oxidation sites excluding steroid dienone is 1. The van der Waals surface area contributed by atoms with Crippen molar-refractivity contribution in [3.8, 4) is 5.75 Å². The van der Waals surface area contributed by atoms with Gasteiger partial charge in [0.1, 0.15) is 18.0 Å². The van der Waals surface area contributed by atoms with Crippen LogP contribution >= 0.6 is 22.6 Å². The lowest BCUT2D eigenvalue weighted by Crippen LogP contribution is -2.55. The molecule has 3 unspecified atom stereocenters. The number of carbonyl (C=O) groups excluding carboxylic acids is 2. The Labute approximate surface area is 241 Å². The lowest BCUT2D eigenvalue weighted by atomic mass is 9.87. The fourth-order valence-electron chi connectivity index (χ4n) is 4.82. The molecule has 1 heterocycles. The van der Waals surface area contributed by atoms with Crippen LogP contribution in [0.3, 0.4) is 0 Å². The number of halogens is 1. The molecule has 3 aromatic rings. The molecule has 1 aliphatic rings. The van der Waals surface area contributed by atoms with Gasteiger partial charge in [0.15, 0.2) is 0 Å². The maximum Gasteiger partial charge on any atom is 0.247 e. The van der Waals surface area contributed by atoms with Crippen molar-refractivity contribution in [1.82, 2.24) is 15.2 Å². The second kappa shape index (κ2) is 13.8. The minimum absolute atomic E-state index is 0.105. The number of hydrogen-bond acceptors (Lipinski definition) is 5. The predicted octanol–water partition coefficient (Wildman–Crippen LogP) is 3.73. The Hall–Kier alpha value is -3.15. The summed E-state index contributed by atoms with van der Waals surface area (Å²) in [6, 6.07) is 16.8. The molecule has 39 heavy (non-hydrogen) atoms. The van der Waals surface area contributed by atoms with Gasteiger partial charge in [-0.3, -0.25) is 9.59 Å². The highest BCUT2D eigenvalue weighted by molar-refractivity contribution is 14.1.